The third-order valence-electron chi connectivity index (χ3n) is 4.19. The fraction of sp³-hybridized carbons (Fsp3) is 0.0952. The number of para-hydroxylation sites is 2. The molecule has 0 fully saturated rings. The summed E-state index contributed by atoms with van der Waals surface area (Å²) in [6.45, 7) is -0.184. The van der Waals surface area contributed by atoms with Crippen LogP contribution in [-0.4, -0.2) is 30.5 Å². The SMILES string of the molecule is COc1ccccc1C(=O)NCC(=O)Nc1nc(-c2cc3ccccc3o2)cs1. The van der Waals surface area contributed by atoms with Gasteiger partial charge in [0.25, 0.3) is 5.91 Å². The predicted octanol–water partition coefficient (Wildman–Crippen LogP) is 3.93. The van der Waals surface area contributed by atoms with Crippen molar-refractivity contribution in [3.05, 3.63) is 65.5 Å². The average Bonchev–Trinajstić information content (AvgIpc) is 3.38. The van der Waals surface area contributed by atoms with E-state index in [2.05, 4.69) is 15.6 Å². The number of nitrogens with one attached hydrogen (secondary N) is 2. The van der Waals surface area contributed by atoms with Crippen molar-refractivity contribution >= 4 is 39.3 Å². The minimum atomic E-state index is -0.389. The first-order chi connectivity index (χ1) is 14.1. The third kappa shape index (κ3) is 4.12. The van der Waals surface area contributed by atoms with Crippen LogP contribution in [0.1, 0.15) is 10.4 Å². The van der Waals surface area contributed by atoms with Gasteiger partial charge in [-0.25, -0.2) is 4.98 Å². The number of rotatable bonds is 6. The molecule has 146 valence electrons. The Morgan fingerprint density at radius 3 is 2.76 bits per heavy atom. The molecule has 0 saturated heterocycles. The molecule has 4 rings (SSSR count). The fourth-order valence-corrected chi connectivity index (χ4v) is 3.52. The Hall–Kier alpha value is -3.65. The minimum absolute atomic E-state index is 0.184. The maximum atomic E-state index is 12.3. The summed E-state index contributed by atoms with van der Waals surface area (Å²) in [7, 11) is 1.49. The fourth-order valence-electron chi connectivity index (χ4n) is 2.80. The Bertz CT molecular complexity index is 1150. The van der Waals surface area contributed by atoms with Crippen LogP contribution in [-0.2, 0) is 4.79 Å². The number of methoxy groups -OCH3 is 1. The number of thiazole rings is 1. The first-order valence-corrected chi connectivity index (χ1v) is 9.67. The van der Waals surface area contributed by atoms with Gasteiger partial charge in [0.2, 0.25) is 5.91 Å². The minimum Gasteiger partial charge on any atom is -0.496 e. The molecule has 0 bridgehead atoms. The van der Waals surface area contributed by atoms with E-state index in [1.165, 1.54) is 18.4 Å². The Balaban J connectivity index is 1.37. The van der Waals surface area contributed by atoms with Gasteiger partial charge in [-0.1, -0.05) is 30.3 Å². The highest BCUT2D eigenvalue weighted by atomic mass is 32.1. The highest BCUT2D eigenvalue weighted by molar-refractivity contribution is 7.14. The van der Waals surface area contributed by atoms with Crippen molar-refractivity contribution < 1.29 is 18.7 Å². The number of ether oxygens (including phenoxy) is 1. The topological polar surface area (TPSA) is 93.5 Å². The van der Waals surface area contributed by atoms with Crippen LogP contribution < -0.4 is 15.4 Å². The van der Waals surface area contributed by atoms with Crippen molar-refractivity contribution in [2.75, 3.05) is 19.0 Å². The highest BCUT2D eigenvalue weighted by Gasteiger charge is 2.14. The summed E-state index contributed by atoms with van der Waals surface area (Å²) in [5.74, 6) is 0.312. The Kier molecular flexibility index (Phi) is 5.26. The van der Waals surface area contributed by atoms with E-state index in [0.29, 0.717) is 27.9 Å². The van der Waals surface area contributed by atoms with Gasteiger partial charge >= 0.3 is 0 Å². The number of hydrogen-bond donors (Lipinski definition) is 2. The van der Waals surface area contributed by atoms with Crippen LogP contribution in [0.5, 0.6) is 5.75 Å². The summed E-state index contributed by atoms with van der Waals surface area (Å²) in [6.07, 6.45) is 0. The van der Waals surface area contributed by atoms with Crippen LogP contribution >= 0.6 is 11.3 Å². The lowest BCUT2D eigenvalue weighted by Gasteiger charge is -2.08. The summed E-state index contributed by atoms with van der Waals surface area (Å²) in [6, 6.07) is 16.4. The molecule has 0 saturated carbocycles. The molecule has 2 heterocycles. The molecule has 0 atom stereocenters. The van der Waals surface area contributed by atoms with Gasteiger partial charge in [-0.2, -0.15) is 0 Å². The molecule has 2 aromatic heterocycles. The molecule has 0 spiro atoms. The van der Waals surface area contributed by atoms with Gasteiger partial charge in [0.05, 0.1) is 19.2 Å². The van der Waals surface area contributed by atoms with E-state index in [-0.39, 0.29) is 18.4 Å². The molecule has 2 amide bonds. The molecule has 0 unspecified atom stereocenters. The van der Waals surface area contributed by atoms with Gasteiger partial charge in [0, 0.05) is 10.8 Å². The molecular formula is C21H17N3O4S. The number of fused-ring (bicyclic) bond motifs is 1. The van der Waals surface area contributed by atoms with Gasteiger partial charge in [0.15, 0.2) is 10.9 Å². The Morgan fingerprint density at radius 2 is 1.93 bits per heavy atom. The van der Waals surface area contributed by atoms with E-state index < -0.39 is 0 Å². The van der Waals surface area contributed by atoms with Crippen molar-refractivity contribution in [3.8, 4) is 17.2 Å². The first kappa shape index (κ1) is 18.7. The van der Waals surface area contributed by atoms with Crippen LogP contribution in [0, 0.1) is 0 Å². The molecule has 29 heavy (non-hydrogen) atoms. The zero-order valence-corrected chi connectivity index (χ0v) is 16.3. The lowest BCUT2D eigenvalue weighted by molar-refractivity contribution is -0.115. The number of carbonyl (C=O) groups is 2. The number of hydrogen-bond acceptors (Lipinski definition) is 6. The molecule has 2 aromatic carbocycles. The molecule has 7 nitrogen and oxygen atoms in total. The van der Waals surface area contributed by atoms with Gasteiger partial charge in [0.1, 0.15) is 17.0 Å². The lowest BCUT2D eigenvalue weighted by Crippen LogP contribution is -2.33. The largest absolute Gasteiger partial charge is 0.496 e. The molecular weight excluding hydrogens is 390 g/mol. The van der Waals surface area contributed by atoms with Crippen LogP contribution in [0.4, 0.5) is 5.13 Å². The lowest BCUT2D eigenvalue weighted by atomic mass is 10.2. The number of nitrogens with zero attached hydrogens (tertiary/aromatic N) is 1. The second kappa shape index (κ2) is 8.15. The van der Waals surface area contributed by atoms with Crippen molar-refractivity contribution in [2.24, 2.45) is 0 Å². The van der Waals surface area contributed by atoms with Gasteiger partial charge in [-0.15, -0.1) is 11.3 Å². The van der Waals surface area contributed by atoms with E-state index in [9.17, 15) is 9.59 Å². The van der Waals surface area contributed by atoms with Gasteiger partial charge in [-0.05, 0) is 24.3 Å². The monoisotopic (exact) mass is 407 g/mol. The Morgan fingerprint density at radius 1 is 1.14 bits per heavy atom. The number of aromatic nitrogens is 1. The Labute approximate surface area is 170 Å². The van der Waals surface area contributed by atoms with Crippen LogP contribution in [0.3, 0.4) is 0 Å². The van der Waals surface area contributed by atoms with E-state index >= 15 is 0 Å². The summed E-state index contributed by atoms with van der Waals surface area (Å²) in [5.41, 5.74) is 1.78. The second-order valence-corrected chi connectivity index (χ2v) is 6.98. The molecule has 0 aliphatic rings. The molecule has 0 aliphatic heterocycles. The third-order valence-corrected chi connectivity index (χ3v) is 4.95. The van der Waals surface area contributed by atoms with Crippen LogP contribution in [0.15, 0.2) is 64.4 Å². The van der Waals surface area contributed by atoms with E-state index in [1.54, 1.807) is 29.6 Å². The smallest absolute Gasteiger partial charge is 0.255 e. The quantitative estimate of drug-likeness (QED) is 0.505. The highest BCUT2D eigenvalue weighted by Crippen LogP contribution is 2.30. The standard InChI is InChI=1S/C21H17N3O4S/c1-27-17-9-5-3-7-14(17)20(26)22-11-19(25)24-21-23-15(12-29-21)18-10-13-6-2-4-8-16(13)28-18/h2-10,12H,11H2,1H3,(H,22,26)(H,23,24,25). The molecule has 2 N–H and O–H groups in total. The average molecular weight is 407 g/mol. The number of amides is 2. The predicted molar refractivity (Wildman–Crippen MR) is 111 cm³/mol. The maximum Gasteiger partial charge on any atom is 0.255 e. The van der Waals surface area contributed by atoms with Crippen molar-refractivity contribution in [1.29, 1.82) is 0 Å². The summed E-state index contributed by atoms with van der Waals surface area (Å²) in [5, 5.41) is 8.48. The summed E-state index contributed by atoms with van der Waals surface area (Å²) < 4.78 is 10.9. The molecule has 4 aromatic rings. The van der Waals surface area contributed by atoms with Crippen LogP contribution in [0.25, 0.3) is 22.4 Å². The number of benzene rings is 2. The van der Waals surface area contributed by atoms with Crippen molar-refractivity contribution in [2.45, 2.75) is 0 Å². The number of furan rings is 1. The van der Waals surface area contributed by atoms with Crippen LogP contribution in [0.2, 0.25) is 0 Å². The van der Waals surface area contributed by atoms with E-state index in [1.807, 2.05) is 30.3 Å². The molecule has 0 radical (unpaired) electrons. The zero-order chi connectivity index (χ0) is 20.2. The molecule has 0 aliphatic carbocycles. The maximum absolute atomic E-state index is 12.3. The van der Waals surface area contributed by atoms with Crippen molar-refractivity contribution in [1.82, 2.24) is 10.3 Å². The summed E-state index contributed by atoms with van der Waals surface area (Å²) >= 11 is 1.28. The molecule has 8 heteroatoms. The number of anilines is 1. The van der Waals surface area contributed by atoms with Gasteiger partial charge < -0.3 is 19.8 Å². The normalized spacial score (nSPS) is 10.7. The van der Waals surface area contributed by atoms with Crippen molar-refractivity contribution in [3.63, 3.8) is 0 Å². The zero-order valence-electron chi connectivity index (χ0n) is 15.5. The number of carbonyl (C=O) groups excluding carboxylic acids is 2. The van der Waals surface area contributed by atoms with Gasteiger partial charge in [-0.3, -0.25) is 9.59 Å². The first-order valence-electron chi connectivity index (χ1n) is 8.79. The second-order valence-electron chi connectivity index (χ2n) is 6.12. The van der Waals surface area contributed by atoms with E-state index in [4.69, 9.17) is 9.15 Å². The van der Waals surface area contributed by atoms with E-state index in [0.717, 1.165) is 11.0 Å². The summed E-state index contributed by atoms with van der Waals surface area (Å²) in [4.78, 5) is 28.8.